The molecule has 1 aliphatic heterocycles. The summed E-state index contributed by atoms with van der Waals surface area (Å²) in [5, 5.41) is 10.5. The summed E-state index contributed by atoms with van der Waals surface area (Å²) in [6.45, 7) is 7.47. The number of aliphatic carboxylic acids is 1. The third-order valence-electron chi connectivity index (χ3n) is 6.31. The van der Waals surface area contributed by atoms with E-state index in [-0.39, 0.29) is 17.8 Å². The number of fused-ring (bicyclic) bond motifs is 1. The van der Waals surface area contributed by atoms with E-state index in [1.54, 1.807) is 12.0 Å². The van der Waals surface area contributed by atoms with Crippen LogP contribution in [0.3, 0.4) is 0 Å². The number of carboxylic acid groups (broad SMARTS) is 1. The SMILES string of the molecule is COCc1nc2c(c(Nc3ccc(C(C)(C)C)cc3)n1)CCN(c1ncccc1C(F)(F)F)CC2.O=C(O)C(F)(F)F. The molecule has 3 heterocycles. The molecular weight excluding hydrogens is 568 g/mol. The summed E-state index contributed by atoms with van der Waals surface area (Å²) in [4.78, 5) is 24.0. The number of pyridine rings is 1. The Morgan fingerprint density at radius 3 is 2.17 bits per heavy atom. The maximum Gasteiger partial charge on any atom is 0.490 e. The first kappa shape index (κ1) is 32.6. The minimum absolute atomic E-state index is 0.0420. The number of aromatic nitrogens is 3. The number of hydrogen-bond acceptors (Lipinski definition) is 7. The van der Waals surface area contributed by atoms with Gasteiger partial charge in [0.25, 0.3) is 0 Å². The van der Waals surface area contributed by atoms with E-state index in [1.165, 1.54) is 17.8 Å². The summed E-state index contributed by atoms with van der Waals surface area (Å²) in [6, 6.07) is 10.6. The molecule has 0 amide bonds. The molecule has 0 saturated heterocycles. The molecule has 0 fully saturated rings. The second-order valence-electron chi connectivity index (χ2n) is 10.5. The average molecular weight is 600 g/mol. The largest absolute Gasteiger partial charge is 0.490 e. The van der Waals surface area contributed by atoms with Gasteiger partial charge in [0, 0.05) is 44.1 Å². The van der Waals surface area contributed by atoms with Crippen molar-refractivity contribution in [2.75, 3.05) is 30.4 Å². The highest BCUT2D eigenvalue weighted by molar-refractivity contribution is 5.73. The van der Waals surface area contributed by atoms with Gasteiger partial charge in [0.15, 0.2) is 5.82 Å². The number of anilines is 3. The van der Waals surface area contributed by atoms with Gasteiger partial charge in [-0.25, -0.2) is 19.7 Å². The van der Waals surface area contributed by atoms with Crippen molar-refractivity contribution in [3.63, 3.8) is 0 Å². The molecule has 2 aromatic heterocycles. The Bertz CT molecular complexity index is 1370. The predicted octanol–water partition coefficient (Wildman–Crippen LogP) is 6.32. The maximum absolute atomic E-state index is 13.6. The summed E-state index contributed by atoms with van der Waals surface area (Å²) in [6.07, 6.45) is -7.20. The molecular formula is C28H31F6N5O3. The van der Waals surface area contributed by atoms with Crippen LogP contribution in [0.4, 0.5) is 43.7 Å². The summed E-state index contributed by atoms with van der Waals surface area (Å²) >= 11 is 0. The molecule has 1 aromatic carbocycles. The number of carbonyl (C=O) groups is 1. The van der Waals surface area contributed by atoms with E-state index >= 15 is 0 Å². The first-order valence-corrected chi connectivity index (χ1v) is 12.8. The van der Waals surface area contributed by atoms with E-state index < -0.39 is 23.9 Å². The molecule has 3 aromatic rings. The lowest BCUT2D eigenvalue weighted by Gasteiger charge is -2.24. The summed E-state index contributed by atoms with van der Waals surface area (Å²) in [7, 11) is 1.58. The molecule has 14 heteroatoms. The van der Waals surface area contributed by atoms with Crippen LogP contribution in [0.15, 0.2) is 42.6 Å². The van der Waals surface area contributed by atoms with Gasteiger partial charge in [0.1, 0.15) is 18.2 Å². The van der Waals surface area contributed by atoms with Crippen molar-refractivity contribution in [2.45, 2.75) is 58.0 Å². The van der Waals surface area contributed by atoms with E-state index in [1.807, 2.05) is 12.1 Å². The molecule has 228 valence electrons. The molecule has 0 spiro atoms. The minimum Gasteiger partial charge on any atom is -0.475 e. The molecule has 8 nitrogen and oxygen atoms in total. The van der Waals surface area contributed by atoms with Crippen LogP contribution in [0, 0.1) is 0 Å². The molecule has 2 N–H and O–H groups in total. The van der Waals surface area contributed by atoms with Crippen molar-refractivity contribution < 1.29 is 41.0 Å². The van der Waals surface area contributed by atoms with Gasteiger partial charge in [-0.15, -0.1) is 0 Å². The van der Waals surface area contributed by atoms with Crippen molar-refractivity contribution in [1.82, 2.24) is 15.0 Å². The van der Waals surface area contributed by atoms with Crippen LogP contribution in [-0.2, 0) is 40.6 Å². The van der Waals surface area contributed by atoms with Crippen molar-refractivity contribution in [2.24, 2.45) is 0 Å². The normalized spacial score (nSPS) is 13.9. The lowest BCUT2D eigenvalue weighted by Crippen LogP contribution is -2.29. The number of rotatable bonds is 5. The van der Waals surface area contributed by atoms with Gasteiger partial charge in [-0.3, -0.25) is 0 Å². The number of hydrogen-bond donors (Lipinski definition) is 2. The first-order valence-electron chi connectivity index (χ1n) is 12.8. The zero-order valence-corrected chi connectivity index (χ0v) is 23.4. The molecule has 0 radical (unpaired) electrons. The third-order valence-corrected chi connectivity index (χ3v) is 6.31. The Hall–Kier alpha value is -3.94. The van der Waals surface area contributed by atoms with E-state index in [0.717, 1.165) is 23.0 Å². The minimum atomic E-state index is -5.08. The fraction of sp³-hybridized carbons (Fsp3) is 0.429. The number of benzene rings is 1. The fourth-order valence-electron chi connectivity index (χ4n) is 4.22. The zero-order valence-electron chi connectivity index (χ0n) is 23.4. The molecule has 1 aliphatic rings. The highest BCUT2D eigenvalue weighted by atomic mass is 19.4. The van der Waals surface area contributed by atoms with Gasteiger partial charge >= 0.3 is 18.3 Å². The molecule has 0 unspecified atom stereocenters. The number of alkyl halides is 6. The molecule has 0 aliphatic carbocycles. The Morgan fingerprint density at radius 1 is 1.00 bits per heavy atom. The molecule has 42 heavy (non-hydrogen) atoms. The Kier molecular flexibility index (Phi) is 10.0. The second-order valence-corrected chi connectivity index (χ2v) is 10.5. The number of ether oxygens (including phenoxy) is 1. The van der Waals surface area contributed by atoms with E-state index in [2.05, 4.69) is 53.2 Å². The van der Waals surface area contributed by atoms with Gasteiger partial charge in [-0.1, -0.05) is 32.9 Å². The summed E-state index contributed by atoms with van der Waals surface area (Å²) in [5.74, 6) is -1.62. The predicted molar refractivity (Wildman–Crippen MR) is 144 cm³/mol. The molecule has 0 atom stereocenters. The monoisotopic (exact) mass is 599 g/mol. The lowest BCUT2D eigenvalue weighted by molar-refractivity contribution is -0.192. The van der Waals surface area contributed by atoms with Gasteiger partial charge in [-0.05, 0) is 41.7 Å². The molecule has 0 bridgehead atoms. The average Bonchev–Trinajstić information content (AvgIpc) is 3.11. The maximum atomic E-state index is 13.6. The first-order chi connectivity index (χ1) is 19.5. The summed E-state index contributed by atoms with van der Waals surface area (Å²) < 4.78 is 77.8. The van der Waals surface area contributed by atoms with Crippen molar-refractivity contribution in [3.8, 4) is 0 Å². The van der Waals surface area contributed by atoms with E-state index in [0.29, 0.717) is 37.6 Å². The number of nitrogens with zero attached hydrogens (tertiary/aromatic N) is 4. The highest BCUT2D eigenvalue weighted by Gasteiger charge is 2.38. The van der Waals surface area contributed by atoms with Gasteiger partial charge in [0.05, 0.1) is 11.3 Å². The highest BCUT2D eigenvalue weighted by Crippen LogP contribution is 2.36. The fourth-order valence-corrected chi connectivity index (χ4v) is 4.22. The Morgan fingerprint density at radius 2 is 1.62 bits per heavy atom. The number of methoxy groups -OCH3 is 1. The van der Waals surface area contributed by atoms with Gasteiger partial charge < -0.3 is 20.1 Å². The lowest BCUT2D eigenvalue weighted by atomic mass is 9.87. The standard InChI is InChI=1S/C26H30F3N5O.C2HF3O2/c1-25(2,3)17-7-9-18(10-8-17)31-23-19-11-14-34(15-12-21(19)32-22(33-23)16-35-4)24-20(26(27,28)29)6-5-13-30-24;3-2(4,5)1(6)7/h5-10,13H,11-12,14-16H2,1-4H3,(H,31,32,33);(H,6,7). The van der Waals surface area contributed by atoms with Crippen LogP contribution in [0.25, 0.3) is 0 Å². The van der Waals surface area contributed by atoms with Gasteiger partial charge in [-0.2, -0.15) is 26.3 Å². The van der Waals surface area contributed by atoms with Crippen molar-refractivity contribution >= 4 is 23.3 Å². The number of halogens is 6. The quantitative estimate of drug-likeness (QED) is 0.329. The van der Waals surface area contributed by atoms with Crippen LogP contribution >= 0.6 is 0 Å². The van der Waals surface area contributed by atoms with Crippen LogP contribution in [0.2, 0.25) is 0 Å². The number of carboxylic acids is 1. The van der Waals surface area contributed by atoms with Crippen molar-refractivity contribution in [1.29, 1.82) is 0 Å². The van der Waals surface area contributed by atoms with Crippen LogP contribution in [0.5, 0.6) is 0 Å². The van der Waals surface area contributed by atoms with Crippen molar-refractivity contribution in [3.05, 3.63) is 70.8 Å². The Balaban J connectivity index is 0.000000616. The number of nitrogens with one attached hydrogen (secondary N) is 1. The second kappa shape index (κ2) is 12.9. The molecule has 0 saturated carbocycles. The Labute approximate surface area is 238 Å². The van der Waals surface area contributed by atoms with Crippen LogP contribution < -0.4 is 10.2 Å². The third kappa shape index (κ3) is 8.54. The zero-order chi connectivity index (χ0) is 31.3. The topological polar surface area (TPSA) is 100 Å². The van der Waals surface area contributed by atoms with Crippen LogP contribution in [0.1, 0.15) is 49.0 Å². The molecule has 4 rings (SSSR count). The van der Waals surface area contributed by atoms with E-state index in [9.17, 15) is 26.3 Å². The smallest absolute Gasteiger partial charge is 0.475 e. The van der Waals surface area contributed by atoms with E-state index in [4.69, 9.17) is 14.6 Å². The van der Waals surface area contributed by atoms with Crippen LogP contribution in [-0.4, -0.2) is 52.4 Å². The summed E-state index contributed by atoms with van der Waals surface area (Å²) in [5.41, 5.74) is 3.13. The van der Waals surface area contributed by atoms with Gasteiger partial charge in [0.2, 0.25) is 0 Å².